The highest BCUT2D eigenvalue weighted by Crippen LogP contribution is 2.37. The highest BCUT2D eigenvalue weighted by atomic mass is 35.5. The van der Waals surface area contributed by atoms with Gasteiger partial charge in [-0.2, -0.15) is 0 Å². The third-order valence-electron chi connectivity index (χ3n) is 4.73. The number of aromatic nitrogens is 2. The molecule has 1 fully saturated rings. The molecule has 1 aromatic heterocycles. The van der Waals surface area contributed by atoms with Gasteiger partial charge in [0.1, 0.15) is 24.2 Å². The van der Waals surface area contributed by atoms with Gasteiger partial charge in [-0.05, 0) is 12.8 Å². The first-order valence-electron chi connectivity index (χ1n) is 8.87. The molecule has 3 aliphatic rings. The molecule has 2 unspecified atom stereocenters. The Morgan fingerprint density at radius 2 is 2.11 bits per heavy atom. The van der Waals surface area contributed by atoms with Crippen molar-refractivity contribution >= 4 is 34.7 Å². The summed E-state index contributed by atoms with van der Waals surface area (Å²) in [6.07, 6.45) is 2.73. The fourth-order valence-electron chi connectivity index (χ4n) is 3.17. The number of ether oxygens (including phenoxy) is 3. The molecule has 148 valence electrons. The van der Waals surface area contributed by atoms with E-state index >= 15 is 0 Å². The molecule has 4 heterocycles. The number of methoxy groups -OCH3 is 1. The van der Waals surface area contributed by atoms with Gasteiger partial charge in [0.15, 0.2) is 11.4 Å². The standard InChI is InChI=1S/C16H22Cl2N6O3/c1-25-10-6-19-14-11(17)7-20-16(22-14)21-12-13(18)24(23-15(12)27-8-10)9-2-4-26-5-3-9/h7,9-10,16,20-21H,2-6,8H2,1H3,(H,19,22). The molecule has 0 spiro atoms. The van der Waals surface area contributed by atoms with Crippen molar-refractivity contribution in [3.05, 3.63) is 16.4 Å². The predicted octanol–water partition coefficient (Wildman–Crippen LogP) is 1.66. The average Bonchev–Trinajstić information content (AvgIpc) is 2.99. The molecule has 0 aromatic carbocycles. The van der Waals surface area contributed by atoms with Gasteiger partial charge in [0.2, 0.25) is 0 Å². The van der Waals surface area contributed by atoms with Crippen molar-refractivity contribution in [3.8, 4) is 5.88 Å². The first-order chi connectivity index (χ1) is 13.2. The Labute approximate surface area is 167 Å². The fourth-order valence-corrected chi connectivity index (χ4v) is 3.66. The van der Waals surface area contributed by atoms with Crippen molar-refractivity contribution in [2.45, 2.75) is 31.3 Å². The van der Waals surface area contributed by atoms with Crippen molar-refractivity contribution in [2.75, 3.05) is 38.8 Å². The van der Waals surface area contributed by atoms with Gasteiger partial charge >= 0.3 is 0 Å². The molecule has 2 bridgehead atoms. The number of halogens is 2. The zero-order chi connectivity index (χ0) is 18.8. The number of fused-ring (bicyclic) bond motifs is 2. The average molecular weight is 417 g/mol. The Bertz CT molecular complexity index is 747. The minimum Gasteiger partial charge on any atom is -0.472 e. The van der Waals surface area contributed by atoms with E-state index in [0.29, 0.717) is 54.0 Å². The lowest BCUT2D eigenvalue weighted by molar-refractivity contribution is 0.0570. The molecule has 0 amide bonds. The van der Waals surface area contributed by atoms with E-state index in [4.69, 9.17) is 37.4 Å². The SMILES string of the molecule is COC1CNC2=NC(NC=C2Cl)Nc2c(nn(C3CCOCC3)c2Cl)OC1. The largest absolute Gasteiger partial charge is 0.472 e. The smallest absolute Gasteiger partial charge is 0.258 e. The quantitative estimate of drug-likeness (QED) is 0.674. The third kappa shape index (κ3) is 3.96. The Kier molecular flexibility index (Phi) is 5.63. The van der Waals surface area contributed by atoms with E-state index in [1.807, 2.05) is 4.68 Å². The molecule has 11 heteroatoms. The van der Waals surface area contributed by atoms with E-state index in [9.17, 15) is 0 Å². The summed E-state index contributed by atoms with van der Waals surface area (Å²) in [5.74, 6) is 1.00. The normalized spacial score (nSPS) is 26.2. The zero-order valence-corrected chi connectivity index (χ0v) is 16.4. The molecular formula is C16H22Cl2N6O3. The molecule has 0 radical (unpaired) electrons. The Balaban J connectivity index is 1.67. The number of anilines is 1. The summed E-state index contributed by atoms with van der Waals surface area (Å²) in [7, 11) is 1.63. The van der Waals surface area contributed by atoms with Crippen LogP contribution in [0.15, 0.2) is 16.2 Å². The lowest BCUT2D eigenvalue weighted by Gasteiger charge is -2.24. The van der Waals surface area contributed by atoms with Gasteiger partial charge in [-0.1, -0.05) is 23.2 Å². The lowest BCUT2D eigenvalue weighted by atomic mass is 10.1. The number of nitrogens with one attached hydrogen (secondary N) is 3. The zero-order valence-electron chi connectivity index (χ0n) is 14.9. The molecule has 3 aliphatic heterocycles. The minimum atomic E-state index is -0.457. The monoisotopic (exact) mass is 416 g/mol. The summed E-state index contributed by atoms with van der Waals surface area (Å²) in [4.78, 5) is 4.55. The number of rotatable bonds is 2. The van der Waals surface area contributed by atoms with Crippen molar-refractivity contribution in [2.24, 2.45) is 4.99 Å². The van der Waals surface area contributed by atoms with Crippen LogP contribution in [0.5, 0.6) is 5.88 Å². The number of amidine groups is 1. The second-order valence-electron chi connectivity index (χ2n) is 6.49. The summed E-state index contributed by atoms with van der Waals surface area (Å²) < 4.78 is 18.7. The van der Waals surface area contributed by atoms with E-state index < -0.39 is 6.29 Å². The van der Waals surface area contributed by atoms with Crippen molar-refractivity contribution in [3.63, 3.8) is 0 Å². The van der Waals surface area contributed by atoms with Crippen LogP contribution in [0.2, 0.25) is 5.15 Å². The minimum absolute atomic E-state index is 0.171. The number of aliphatic imine (C=N–C) groups is 1. The van der Waals surface area contributed by atoms with E-state index in [1.165, 1.54) is 0 Å². The molecule has 9 nitrogen and oxygen atoms in total. The number of nitrogens with zero attached hydrogens (tertiary/aromatic N) is 3. The highest BCUT2D eigenvalue weighted by Gasteiger charge is 2.28. The van der Waals surface area contributed by atoms with Crippen LogP contribution in [-0.2, 0) is 9.47 Å². The molecule has 0 aliphatic carbocycles. The van der Waals surface area contributed by atoms with Crippen LogP contribution in [0.1, 0.15) is 18.9 Å². The number of hydrogen-bond acceptors (Lipinski definition) is 8. The molecule has 27 heavy (non-hydrogen) atoms. The molecule has 2 atom stereocenters. The van der Waals surface area contributed by atoms with Gasteiger partial charge in [-0.25, -0.2) is 9.67 Å². The van der Waals surface area contributed by atoms with E-state index in [0.717, 1.165) is 12.8 Å². The van der Waals surface area contributed by atoms with E-state index in [1.54, 1.807) is 13.3 Å². The number of hydrogen-bond donors (Lipinski definition) is 3. The second-order valence-corrected chi connectivity index (χ2v) is 7.26. The summed E-state index contributed by atoms with van der Waals surface area (Å²) in [5.41, 5.74) is 0.590. The summed E-state index contributed by atoms with van der Waals surface area (Å²) in [6.45, 7) is 2.19. The van der Waals surface area contributed by atoms with Crippen LogP contribution in [0.3, 0.4) is 0 Å². The van der Waals surface area contributed by atoms with Crippen LogP contribution in [0.25, 0.3) is 0 Å². The topological polar surface area (TPSA) is 94.0 Å². The maximum absolute atomic E-state index is 6.66. The highest BCUT2D eigenvalue weighted by molar-refractivity contribution is 6.43. The summed E-state index contributed by atoms with van der Waals surface area (Å²) in [6, 6.07) is 0.171. The summed E-state index contributed by atoms with van der Waals surface area (Å²) in [5, 5.41) is 15.1. The van der Waals surface area contributed by atoms with Crippen LogP contribution < -0.4 is 20.7 Å². The van der Waals surface area contributed by atoms with Gasteiger partial charge in [-0.3, -0.25) is 0 Å². The van der Waals surface area contributed by atoms with Crippen LogP contribution in [-0.4, -0.2) is 61.5 Å². The van der Waals surface area contributed by atoms with Gasteiger partial charge in [0.25, 0.3) is 5.88 Å². The summed E-state index contributed by atoms with van der Waals surface area (Å²) >= 11 is 12.9. The van der Waals surface area contributed by atoms with Crippen LogP contribution >= 0.6 is 23.2 Å². The van der Waals surface area contributed by atoms with Crippen molar-refractivity contribution < 1.29 is 14.2 Å². The van der Waals surface area contributed by atoms with Crippen LogP contribution in [0.4, 0.5) is 5.69 Å². The van der Waals surface area contributed by atoms with Gasteiger partial charge in [0.05, 0.1) is 11.1 Å². The fraction of sp³-hybridized carbons (Fsp3) is 0.625. The van der Waals surface area contributed by atoms with Gasteiger partial charge in [-0.15, -0.1) is 5.10 Å². The Hall–Kier alpha value is -1.68. The van der Waals surface area contributed by atoms with E-state index in [2.05, 4.69) is 26.0 Å². The molecular weight excluding hydrogens is 395 g/mol. The Morgan fingerprint density at radius 1 is 1.30 bits per heavy atom. The van der Waals surface area contributed by atoms with Crippen molar-refractivity contribution in [1.82, 2.24) is 20.4 Å². The van der Waals surface area contributed by atoms with Crippen molar-refractivity contribution in [1.29, 1.82) is 0 Å². The molecule has 3 N–H and O–H groups in total. The maximum Gasteiger partial charge on any atom is 0.258 e. The lowest BCUT2D eigenvalue weighted by Crippen LogP contribution is -2.41. The molecule has 0 saturated carbocycles. The van der Waals surface area contributed by atoms with Gasteiger partial charge < -0.3 is 30.2 Å². The molecule has 1 saturated heterocycles. The van der Waals surface area contributed by atoms with Crippen LogP contribution in [0, 0.1) is 0 Å². The second kappa shape index (κ2) is 8.14. The first kappa shape index (κ1) is 18.7. The molecule has 4 rings (SSSR count). The third-order valence-corrected chi connectivity index (χ3v) is 5.38. The Morgan fingerprint density at radius 3 is 2.89 bits per heavy atom. The predicted molar refractivity (Wildman–Crippen MR) is 103 cm³/mol. The van der Waals surface area contributed by atoms with E-state index in [-0.39, 0.29) is 12.1 Å². The first-order valence-corrected chi connectivity index (χ1v) is 9.63. The van der Waals surface area contributed by atoms with Gasteiger partial charge in [0, 0.05) is 33.1 Å². The maximum atomic E-state index is 6.66. The molecule has 1 aromatic rings.